The largest absolute Gasteiger partial charge is 0.477 e. The minimum atomic E-state index is -1.08. The topological polar surface area (TPSA) is 84.4 Å². The third kappa shape index (κ3) is 1.67. The van der Waals surface area contributed by atoms with Crippen molar-refractivity contribution in [2.45, 2.75) is 0 Å². The van der Waals surface area contributed by atoms with Crippen molar-refractivity contribution in [3.05, 3.63) is 28.9 Å². The number of ether oxygens (including phenoxy) is 2. The van der Waals surface area contributed by atoms with Gasteiger partial charge in [-0.1, -0.05) is 11.6 Å². The fourth-order valence-corrected chi connectivity index (χ4v) is 1.94. The number of benzene rings is 1. The summed E-state index contributed by atoms with van der Waals surface area (Å²) < 4.78 is 10.6. The number of nitrogens with zero attached hydrogens (tertiary/aromatic N) is 1. The molecule has 2 heterocycles. The third-order valence-corrected chi connectivity index (χ3v) is 2.74. The van der Waals surface area contributed by atoms with Gasteiger partial charge in [-0.2, -0.15) is 5.10 Å². The molecule has 0 saturated heterocycles. The van der Waals surface area contributed by atoms with E-state index in [9.17, 15) is 4.79 Å². The predicted octanol–water partition coefficient (Wildman–Crippen LogP) is 2.16. The molecule has 0 saturated carbocycles. The molecule has 1 aliphatic rings. The molecule has 1 aromatic heterocycles. The zero-order chi connectivity index (χ0) is 12.7. The van der Waals surface area contributed by atoms with Crippen LogP contribution < -0.4 is 9.47 Å². The van der Waals surface area contributed by atoms with E-state index in [1.54, 1.807) is 12.1 Å². The molecule has 0 unspecified atom stereocenters. The maximum atomic E-state index is 10.8. The maximum absolute atomic E-state index is 10.8. The normalized spacial score (nSPS) is 12.7. The SMILES string of the molecule is O=C(O)c1cc(-c2cc(Cl)cc3c2OCO3)n[nH]1. The highest BCUT2D eigenvalue weighted by Crippen LogP contribution is 2.43. The summed E-state index contributed by atoms with van der Waals surface area (Å²) in [5.74, 6) is -0.0372. The van der Waals surface area contributed by atoms with E-state index in [-0.39, 0.29) is 12.5 Å². The molecule has 3 rings (SSSR count). The number of carbonyl (C=O) groups is 1. The number of halogens is 1. The molecule has 0 atom stereocenters. The summed E-state index contributed by atoms with van der Waals surface area (Å²) in [6, 6.07) is 4.70. The number of fused-ring (bicyclic) bond motifs is 1. The van der Waals surface area contributed by atoms with Gasteiger partial charge in [0.1, 0.15) is 5.69 Å². The molecule has 7 heteroatoms. The summed E-state index contributed by atoms with van der Waals surface area (Å²) >= 11 is 5.96. The molecular formula is C11H7ClN2O4. The second-order valence-corrected chi connectivity index (χ2v) is 4.10. The molecule has 0 fully saturated rings. The third-order valence-electron chi connectivity index (χ3n) is 2.52. The number of nitrogens with one attached hydrogen (secondary N) is 1. The lowest BCUT2D eigenvalue weighted by Gasteiger charge is -2.03. The van der Waals surface area contributed by atoms with Crippen LogP contribution in [0.3, 0.4) is 0 Å². The van der Waals surface area contributed by atoms with Crippen LogP contribution in [0.4, 0.5) is 0 Å². The van der Waals surface area contributed by atoms with E-state index in [0.29, 0.717) is 27.8 Å². The van der Waals surface area contributed by atoms with Crippen LogP contribution in [0.15, 0.2) is 18.2 Å². The van der Waals surface area contributed by atoms with E-state index in [1.165, 1.54) is 6.07 Å². The fraction of sp³-hybridized carbons (Fsp3) is 0.0909. The van der Waals surface area contributed by atoms with Crippen molar-refractivity contribution in [2.24, 2.45) is 0 Å². The Morgan fingerprint density at radius 3 is 2.94 bits per heavy atom. The summed E-state index contributed by atoms with van der Waals surface area (Å²) in [5, 5.41) is 15.7. The van der Waals surface area contributed by atoms with Crippen molar-refractivity contribution < 1.29 is 19.4 Å². The quantitative estimate of drug-likeness (QED) is 0.870. The molecule has 2 aromatic rings. The highest BCUT2D eigenvalue weighted by molar-refractivity contribution is 6.31. The first-order chi connectivity index (χ1) is 8.65. The lowest BCUT2D eigenvalue weighted by molar-refractivity contribution is 0.0690. The van der Waals surface area contributed by atoms with Gasteiger partial charge in [-0.15, -0.1) is 0 Å². The molecule has 0 bridgehead atoms. The van der Waals surface area contributed by atoms with Crippen molar-refractivity contribution in [2.75, 3.05) is 6.79 Å². The van der Waals surface area contributed by atoms with Crippen LogP contribution in [0.25, 0.3) is 11.3 Å². The molecule has 0 spiro atoms. The van der Waals surface area contributed by atoms with E-state index in [0.717, 1.165) is 0 Å². The molecule has 0 aliphatic carbocycles. The average Bonchev–Trinajstić information content (AvgIpc) is 2.95. The Morgan fingerprint density at radius 1 is 1.39 bits per heavy atom. The van der Waals surface area contributed by atoms with Gasteiger partial charge in [0, 0.05) is 16.7 Å². The lowest BCUT2D eigenvalue weighted by Crippen LogP contribution is -1.95. The number of rotatable bonds is 2. The van der Waals surface area contributed by atoms with Gasteiger partial charge in [-0.3, -0.25) is 5.10 Å². The Kier molecular flexibility index (Phi) is 2.38. The number of hydrogen-bond donors (Lipinski definition) is 2. The van der Waals surface area contributed by atoms with E-state index < -0.39 is 5.97 Å². The Labute approximate surface area is 106 Å². The lowest BCUT2D eigenvalue weighted by atomic mass is 10.1. The smallest absolute Gasteiger partial charge is 0.353 e. The minimum absolute atomic E-state index is 0.00218. The van der Waals surface area contributed by atoms with E-state index in [4.69, 9.17) is 26.2 Å². The van der Waals surface area contributed by atoms with Crippen LogP contribution in [0, 0.1) is 0 Å². The van der Waals surface area contributed by atoms with Gasteiger partial charge in [-0.25, -0.2) is 4.79 Å². The van der Waals surface area contributed by atoms with Crippen LogP contribution >= 0.6 is 11.6 Å². The molecule has 0 radical (unpaired) electrons. The molecule has 1 aliphatic heterocycles. The average molecular weight is 267 g/mol. The van der Waals surface area contributed by atoms with E-state index in [1.807, 2.05) is 0 Å². The van der Waals surface area contributed by atoms with Crippen LogP contribution in [0.2, 0.25) is 5.02 Å². The summed E-state index contributed by atoms with van der Waals surface area (Å²) in [6.07, 6.45) is 0. The van der Waals surface area contributed by atoms with Gasteiger partial charge in [0.2, 0.25) is 6.79 Å². The highest BCUT2D eigenvalue weighted by atomic mass is 35.5. The van der Waals surface area contributed by atoms with Crippen molar-refractivity contribution in [1.29, 1.82) is 0 Å². The molecule has 92 valence electrons. The van der Waals surface area contributed by atoms with Crippen LogP contribution in [0.5, 0.6) is 11.5 Å². The minimum Gasteiger partial charge on any atom is -0.477 e. The zero-order valence-electron chi connectivity index (χ0n) is 8.94. The molecule has 6 nitrogen and oxygen atoms in total. The summed E-state index contributed by atoms with van der Waals surface area (Å²) in [4.78, 5) is 10.8. The molecule has 1 aromatic carbocycles. The first-order valence-electron chi connectivity index (χ1n) is 5.03. The fourth-order valence-electron chi connectivity index (χ4n) is 1.74. The summed E-state index contributed by atoms with van der Waals surface area (Å²) in [6.45, 7) is 0.110. The summed E-state index contributed by atoms with van der Waals surface area (Å²) in [5.41, 5.74) is 1.04. The number of carboxylic acids is 1. The summed E-state index contributed by atoms with van der Waals surface area (Å²) in [7, 11) is 0. The van der Waals surface area contributed by atoms with Crippen molar-refractivity contribution in [3.8, 4) is 22.8 Å². The van der Waals surface area contributed by atoms with Crippen molar-refractivity contribution in [3.63, 3.8) is 0 Å². The molecule has 0 amide bonds. The van der Waals surface area contributed by atoms with Crippen LogP contribution in [-0.2, 0) is 0 Å². The first-order valence-corrected chi connectivity index (χ1v) is 5.41. The second kappa shape index (κ2) is 3.92. The van der Waals surface area contributed by atoms with Gasteiger partial charge < -0.3 is 14.6 Å². The van der Waals surface area contributed by atoms with Gasteiger partial charge in [0.25, 0.3) is 0 Å². The van der Waals surface area contributed by atoms with Crippen LogP contribution in [0.1, 0.15) is 10.5 Å². The monoisotopic (exact) mass is 266 g/mol. The Balaban J connectivity index is 2.13. The van der Waals surface area contributed by atoms with Gasteiger partial charge in [-0.05, 0) is 12.1 Å². The maximum Gasteiger partial charge on any atom is 0.353 e. The Hall–Kier alpha value is -2.21. The first kappa shape index (κ1) is 10.9. The Morgan fingerprint density at radius 2 is 2.22 bits per heavy atom. The number of aromatic nitrogens is 2. The zero-order valence-corrected chi connectivity index (χ0v) is 9.69. The molecule has 2 N–H and O–H groups in total. The Bertz CT molecular complexity index is 638. The van der Waals surface area contributed by atoms with Gasteiger partial charge in [0.05, 0.1) is 5.69 Å². The molecular weight excluding hydrogens is 260 g/mol. The number of aromatic carboxylic acids is 1. The predicted molar refractivity (Wildman–Crippen MR) is 62.1 cm³/mol. The van der Waals surface area contributed by atoms with Crippen molar-refractivity contribution >= 4 is 17.6 Å². The van der Waals surface area contributed by atoms with E-state index in [2.05, 4.69) is 10.2 Å². The standard InChI is InChI=1S/C11H7ClN2O4/c12-5-1-6(10-9(2-5)17-4-18-10)7-3-8(11(15)16)14-13-7/h1-3H,4H2,(H,13,14)(H,15,16). The number of carboxylic acid groups (broad SMARTS) is 1. The second-order valence-electron chi connectivity index (χ2n) is 3.66. The molecule has 18 heavy (non-hydrogen) atoms. The van der Waals surface area contributed by atoms with E-state index >= 15 is 0 Å². The number of hydrogen-bond acceptors (Lipinski definition) is 4. The van der Waals surface area contributed by atoms with Gasteiger partial charge >= 0.3 is 5.97 Å². The number of H-pyrrole nitrogens is 1. The van der Waals surface area contributed by atoms with Crippen molar-refractivity contribution in [1.82, 2.24) is 10.2 Å². The van der Waals surface area contributed by atoms with Gasteiger partial charge in [0.15, 0.2) is 11.5 Å². The highest BCUT2D eigenvalue weighted by Gasteiger charge is 2.22. The van der Waals surface area contributed by atoms with Crippen LogP contribution in [-0.4, -0.2) is 28.1 Å². The number of aromatic amines is 1.